The number of benzene rings is 1. The molecule has 1 fully saturated rings. The number of carbonyl (C=O) groups excluding carboxylic acids is 1. The molecule has 19 heavy (non-hydrogen) atoms. The molecule has 0 aliphatic heterocycles. The Kier molecular flexibility index (Phi) is 5.00. The zero-order valence-electron chi connectivity index (χ0n) is 12.0. The van der Waals surface area contributed by atoms with E-state index in [9.17, 15) is 4.79 Å². The summed E-state index contributed by atoms with van der Waals surface area (Å²) in [5.41, 5.74) is 2.51. The molecule has 0 saturated heterocycles. The fourth-order valence-electron chi connectivity index (χ4n) is 3.12. The van der Waals surface area contributed by atoms with Crippen LogP contribution >= 0.6 is 0 Å². The Morgan fingerprint density at radius 1 is 1.21 bits per heavy atom. The third-order valence-corrected chi connectivity index (χ3v) is 4.31. The molecule has 1 unspecified atom stereocenters. The molecule has 1 saturated carbocycles. The van der Waals surface area contributed by atoms with Crippen molar-refractivity contribution in [3.63, 3.8) is 0 Å². The van der Waals surface area contributed by atoms with Crippen LogP contribution in [0.1, 0.15) is 68.4 Å². The van der Waals surface area contributed by atoms with Crippen LogP contribution < -0.4 is 0 Å². The molecule has 0 radical (unpaired) electrons. The van der Waals surface area contributed by atoms with E-state index in [-0.39, 0.29) is 11.9 Å². The van der Waals surface area contributed by atoms with Crippen molar-refractivity contribution in [1.29, 1.82) is 0 Å². The number of hydrogen-bond acceptors (Lipinski definition) is 2. The first-order valence-electron chi connectivity index (χ1n) is 7.44. The van der Waals surface area contributed by atoms with Crippen molar-refractivity contribution < 1.29 is 9.53 Å². The van der Waals surface area contributed by atoms with Gasteiger partial charge in [-0.25, -0.2) is 0 Å². The average molecular weight is 260 g/mol. The molecule has 0 heterocycles. The van der Waals surface area contributed by atoms with Gasteiger partial charge in [0, 0.05) is 0 Å². The van der Waals surface area contributed by atoms with Gasteiger partial charge in [-0.2, -0.15) is 0 Å². The normalized spacial score (nSPS) is 18.0. The molecule has 0 spiro atoms. The molecule has 2 heteroatoms. The maximum absolute atomic E-state index is 11.7. The second-order valence-corrected chi connectivity index (χ2v) is 5.49. The fraction of sp³-hybridized carbons (Fsp3) is 0.588. The highest BCUT2D eigenvalue weighted by atomic mass is 16.5. The fourth-order valence-corrected chi connectivity index (χ4v) is 3.12. The quantitative estimate of drug-likeness (QED) is 0.750. The summed E-state index contributed by atoms with van der Waals surface area (Å²) >= 11 is 0. The Morgan fingerprint density at radius 2 is 1.84 bits per heavy atom. The number of ether oxygens (including phenoxy) is 1. The van der Waals surface area contributed by atoms with Crippen LogP contribution in [0.4, 0.5) is 0 Å². The van der Waals surface area contributed by atoms with Gasteiger partial charge in [-0.3, -0.25) is 4.79 Å². The topological polar surface area (TPSA) is 26.3 Å². The van der Waals surface area contributed by atoms with Crippen molar-refractivity contribution in [3.8, 4) is 0 Å². The third kappa shape index (κ3) is 3.37. The van der Waals surface area contributed by atoms with Crippen LogP contribution in [0.15, 0.2) is 24.3 Å². The van der Waals surface area contributed by atoms with Gasteiger partial charge < -0.3 is 4.74 Å². The van der Waals surface area contributed by atoms with Gasteiger partial charge in [-0.05, 0) is 36.3 Å². The first kappa shape index (κ1) is 14.1. The molecule has 1 aliphatic rings. The number of esters is 1. The maximum Gasteiger partial charge on any atom is 0.313 e. The molecule has 2 rings (SSSR count). The number of rotatable bonds is 4. The minimum absolute atomic E-state index is 0.120. The third-order valence-electron chi connectivity index (χ3n) is 4.31. The van der Waals surface area contributed by atoms with E-state index in [1.807, 2.05) is 6.92 Å². The lowest BCUT2D eigenvalue weighted by atomic mass is 9.83. The zero-order valence-corrected chi connectivity index (χ0v) is 12.0. The Morgan fingerprint density at radius 3 is 2.37 bits per heavy atom. The molecule has 1 aromatic rings. The first-order valence-corrected chi connectivity index (χ1v) is 7.44. The minimum Gasteiger partial charge on any atom is -0.469 e. The van der Waals surface area contributed by atoms with Crippen LogP contribution in [0.3, 0.4) is 0 Å². The number of methoxy groups -OCH3 is 1. The van der Waals surface area contributed by atoms with Crippen LogP contribution in [-0.2, 0) is 9.53 Å². The molecule has 0 amide bonds. The van der Waals surface area contributed by atoms with Gasteiger partial charge in [-0.1, -0.05) is 50.5 Å². The smallest absolute Gasteiger partial charge is 0.313 e. The summed E-state index contributed by atoms with van der Waals surface area (Å²) in [7, 11) is 1.46. The van der Waals surface area contributed by atoms with E-state index in [2.05, 4.69) is 24.3 Å². The lowest BCUT2D eigenvalue weighted by Gasteiger charge is -2.22. The molecular formula is C17H24O2. The summed E-state index contributed by atoms with van der Waals surface area (Å²) in [5.74, 6) is 0.472. The van der Waals surface area contributed by atoms with Crippen LogP contribution in [0, 0.1) is 0 Å². The lowest BCUT2D eigenvalue weighted by Crippen LogP contribution is -2.13. The second-order valence-electron chi connectivity index (χ2n) is 5.49. The van der Waals surface area contributed by atoms with E-state index in [0.29, 0.717) is 0 Å². The van der Waals surface area contributed by atoms with E-state index in [0.717, 1.165) is 17.9 Å². The van der Waals surface area contributed by atoms with E-state index >= 15 is 0 Å². The Bertz CT molecular complexity index is 402. The molecule has 0 aromatic heterocycles. The van der Waals surface area contributed by atoms with Crippen LogP contribution in [0.2, 0.25) is 0 Å². The summed E-state index contributed by atoms with van der Waals surface area (Å²) in [6, 6.07) is 8.62. The molecular weight excluding hydrogens is 236 g/mol. The molecule has 1 aromatic carbocycles. The Balaban J connectivity index is 2.10. The summed E-state index contributed by atoms with van der Waals surface area (Å²) in [6.07, 6.45) is 7.50. The SMILES string of the molecule is CCC(C(=O)OC)c1ccc(C2CCCCC2)cc1. The Labute approximate surface area is 116 Å². The van der Waals surface area contributed by atoms with Gasteiger partial charge in [-0.15, -0.1) is 0 Å². The van der Waals surface area contributed by atoms with E-state index in [1.165, 1.54) is 44.8 Å². The van der Waals surface area contributed by atoms with E-state index in [1.54, 1.807) is 0 Å². The van der Waals surface area contributed by atoms with Gasteiger partial charge in [0.25, 0.3) is 0 Å². The molecule has 1 atom stereocenters. The lowest BCUT2D eigenvalue weighted by molar-refractivity contribution is -0.142. The average Bonchev–Trinajstić information content (AvgIpc) is 2.49. The van der Waals surface area contributed by atoms with Crippen LogP contribution in [-0.4, -0.2) is 13.1 Å². The molecule has 0 bridgehead atoms. The van der Waals surface area contributed by atoms with Crippen molar-refractivity contribution in [2.75, 3.05) is 7.11 Å². The summed E-state index contributed by atoms with van der Waals surface area (Å²) in [6.45, 7) is 2.02. The van der Waals surface area contributed by atoms with E-state index in [4.69, 9.17) is 4.74 Å². The molecule has 0 N–H and O–H groups in total. The van der Waals surface area contributed by atoms with Gasteiger partial charge >= 0.3 is 5.97 Å². The zero-order chi connectivity index (χ0) is 13.7. The highest BCUT2D eigenvalue weighted by Gasteiger charge is 2.20. The van der Waals surface area contributed by atoms with Crippen LogP contribution in [0.25, 0.3) is 0 Å². The minimum atomic E-state index is -0.132. The summed E-state index contributed by atoms with van der Waals surface area (Å²) in [4.78, 5) is 11.7. The Hall–Kier alpha value is -1.31. The second kappa shape index (κ2) is 6.74. The number of carbonyl (C=O) groups is 1. The van der Waals surface area contributed by atoms with E-state index < -0.39 is 0 Å². The van der Waals surface area contributed by atoms with Crippen molar-refractivity contribution in [1.82, 2.24) is 0 Å². The van der Waals surface area contributed by atoms with Gasteiger partial charge in [0.05, 0.1) is 13.0 Å². The standard InChI is InChI=1S/C17H24O2/c1-3-16(17(18)19-2)15-11-9-14(10-12-15)13-7-5-4-6-8-13/h9-13,16H,3-8H2,1-2H3. The maximum atomic E-state index is 11.7. The number of hydrogen-bond donors (Lipinski definition) is 0. The molecule has 2 nitrogen and oxygen atoms in total. The largest absolute Gasteiger partial charge is 0.469 e. The highest BCUT2D eigenvalue weighted by molar-refractivity contribution is 5.77. The monoisotopic (exact) mass is 260 g/mol. The first-order chi connectivity index (χ1) is 9.26. The summed E-state index contributed by atoms with van der Waals surface area (Å²) < 4.78 is 4.87. The molecule has 104 valence electrons. The highest BCUT2D eigenvalue weighted by Crippen LogP contribution is 2.33. The van der Waals surface area contributed by atoms with Crippen molar-refractivity contribution in [3.05, 3.63) is 35.4 Å². The van der Waals surface area contributed by atoms with Crippen molar-refractivity contribution >= 4 is 5.97 Å². The summed E-state index contributed by atoms with van der Waals surface area (Å²) in [5, 5.41) is 0. The van der Waals surface area contributed by atoms with Crippen molar-refractivity contribution in [2.45, 2.75) is 57.3 Å². The van der Waals surface area contributed by atoms with Gasteiger partial charge in [0.1, 0.15) is 0 Å². The van der Waals surface area contributed by atoms with Crippen LogP contribution in [0.5, 0.6) is 0 Å². The van der Waals surface area contributed by atoms with Gasteiger partial charge in [0.2, 0.25) is 0 Å². The predicted molar refractivity (Wildman–Crippen MR) is 77.3 cm³/mol. The predicted octanol–water partition coefficient (Wildman–Crippen LogP) is 4.40. The molecule has 1 aliphatic carbocycles. The van der Waals surface area contributed by atoms with Gasteiger partial charge in [0.15, 0.2) is 0 Å². The van der Waals surface area contributed by atoms with Crippen molar-refractivity contribution in [2.24, 2.45) is 0 Å².